The van der Waals surface area contributed by atoms with Crippen LogP contribution in [0.15, 0.2) is 18.2 Å². The van der Waals surface area contributed by atoms with Gasteiger partial charge >= 0.3 is 0 Å². The molecule has 0 aliphatic heterocycles. The Bertz CT molecular complexity index is 1150. The molecule has 0 atom stereocenters. The van der Waals surface area contributed by atoms with Crippen molar-refractivity contribution in [2.75, 3.05) is 0 Å². The van der Waals surface area contributed by atoms with Crippen LogP contribution in [0, 0.1) is 27.7 Å². The predicted molar refractivity (Wildman–Crippen MR) is 122 cm³/mol. The Balaban J connectivity index is 2.37. The summed E-state index contributed by atoms with van der Waals surface area (Å²) in [6.45, 7) is 8.87. The van der Waals surface area contributed by atoms with E-state index in [-0.39, 0.29) is 34.3 Å². The molecule has 0 saturated heterocycles. The molecule has 0 saturated carbocycles. The van der Waals surface area contributed by atoms with Gasteiger partial charge in [-0.25, -0.2) is 0 Å². The van der Waals surface area contributed by atoms with Crippen molar-refractivity contribution in [2.45, 2.75) is 41.0 Å². The van der Waals surface area contributed by atoms with Gasteiger partial charge in [0.05, 0.1) is 5.56 Å². The standard InChI is InChI=1S/C24H27BO5/c1-6-16-13(5)22(28)24(30)18(23(16)29)15-8-10(2)7-14(9-15)17-19(25)21(27)12(4)11(3)20(17)26/h7-9,26-30H,6,25H2,1-5H3. The second kappa shape index (κ2) is 7.52. The highest BCUT2D eigenvalue weighted by molar-refractivity contribution is 6.38. The summed E-state index contributed by atoms with van der Waals surface area (Å²) in [6, 6.07) is 5.38. The normalized spacial score (nSPS) is 11.1. The number of benzene rings is 3. The summed E-state index contributed by atoms with van der Waals surface area (Å²) in [4.78, 5) is 0. The van der Waals surface area contributed by atoms with E-state index in [9.17, 15) is 25.5 Å². The molecule has 6 heteroatoms. The molecule has 0 aliphatic rings. The third-order valence-electron chi connectivity index (χ3n) is 6.04. The van der Waals surface area contributed by atoms with Crippen LogP contribution in [-0.2, 0) is 6.42 Å². The van der Waals surface area contributed by atoms with E-state index in [2.05, 4.69) is 0 Å². The molecule has 0 fully saturated rings. The Morgan fingerprint density at radius 1 is 0.633 bits per heavy atom. The van der Waals surface area contributed by atoms with E-state index >= 15 is 0 Å². The van der Waals surface area contributed by atoms with Gasteiger partial charge in [0.1, 0.15) is 25.1 Å². The molecule has 0 aliphatic carbocycles. The predicted octanol–water partition coefficient (Wildman–Crippen LogP) is 3.60. The van der Waals surface area contributed by atoms with E-state index in [1.807, 2.05) is 19.9 Å². The van der Waals surface area contributed by atoms with Crippen molar-refractivity contribution in [3.8, 4) is 51.0 Å². The van der Waals surface area contributed by atoms with E-state index < -0.39 is 0 Å². The Labute approximate surface area is 177 Å². The molecule has 156 valence electrons. The summed E-state index contributed by atoms with van der Waals surface area (Å²) in [5.74, 6) is -0.525. The van der Waals surface area contributed by atoms with Gasteiger partial charge in [-0.15, -0.1) is 0 Å². The third kappa shape index (κ3) is 3.13. The van der Waals surface area contributed by atoms with Crippen LogP contribution in [0.5, 0.6) is 28.7 Å². The minimum absolute atomic E-state index is 0.0776. The summed E-state index contributed by atoms with van der Waals surface area (Å²) in [7, 11) is 1.74. The minimum atomic E-state index is -0.386. The van der Waals surface area contributed by atoms with Crippen LogP contribution in [0.2, 0.25) is 0 Å². The van der Waals surface area contributed by atoms with Gasteiger partial charge in [0.15, 0.2) is 11.5 Å². The van der Waals surface area contributed by atoms with E-state index in [4.69, 9.17) is 0 Å². The second-order valence-electron chi connectivity index (χ2n) is 7.91. The molecule has 0 heterocycles. The van der Waals surface area contributed by atoms with Crippen molar-refractivity contribution in [1.82, 2.24) is 0 Å². The first-order valence-electron chi connectivity index (χ1n) is 9.91. The van der Waals surface area contributed by atoms with Gasteiger partial charge in [-0.05, 0) is 73.5 Å². The number of rotatable bonds is 3. The average Bonchev–Trinajstić information content (AvgIpc) is 2.69. The van der Waals surface area contributed by atoms with Crippen molar-refractivity contribution in [2.24, 2.45) is 0 Å². The first-order chi connectivity index (χ1) is 14.0. The van der Waals surface area contributed by atoms with Gasteiger partial charge in [-0.3, -0.25) is 0 Å². The van der Waals surface area contributed by atoms with Crippen molar-refractivity contribution in [3.05, 3.63) is 46.0 Å². The number of aryl methyl sites for hydroxylation is 1. The topological polar surface area (TPSA) is 101 Å². The lowest BCUT2D eigenvalue weighted by Gasteiger charge is -2.19. The largest absolute Gasteiger partial charge is 0.508 e. The molecule has 0 spiro atoms. The molecule has 3 aromatic carbocycles. The van der Waals surface area contributed by atoms with Crippen molar-refractivity contribution in [3.63, 3.8) is 0 Å². The molecule has 3 rings (SSSR count). The molecular weight excluding hydrogens is 379 g/mol. The molecular formula is C24H27BO5. The molecule has 0 aromatic heterocycles. The number of hydrogen-bond donors (Lipinski definition) is 5. The summed E-state index contributed by atoms with van der Waals surface area (Å²) >= 11 is 0. The lowest BCUT2D eigenvalue weighted by Crippen LogP contribution is -2.11. The smallest absolute Gasteiger partial charge is 0.169 e. The first kappa shape index (κ1) is 21.4. The zero-order valence-corrected chi connectivity index (χ0v) is 18.2. The maximum atomic E-state index is 10.9. The van der Waals surface area contributed by atoms with Crippen LogP contribution in [0.25, 0.3) is 22.3 Å². The average molecular weight is 406 g/mol. The monoisotopic (exact) mass is 406 g/mol. The Kier molecular flexibility index (Phi) is 5.37. The number of phenolic OH excluding ortho intramolecular Hbond substituents is 5. The molecule has 5 nitrogen and oxygen atoms in total. The van der Waals surface area contributed by atoms with Crippen LogP contribution < -0.4 is 5.46 Å². The highest BCUT2D eigenvalue weighted by Gasteiger charge is 2.23. The first-order valence-corrected chi connectivity index (χ1v) is 9.91. The van der Waals surface area contributed by atoms with Crippen LogP contribution >= 0.6 is 0 Å². The molecule has 3 aromatic rings. The maximum Gasteiger partial charge on any atom is 0.169 e. The van der Waals surface area contributed by atoms with E-state index in [1.165, 1.54) is 0 Å². The lowest BCUT2D eigenvalue weighted by atomic mass is 9.81. The summed E-state index contributed by atoms with van der Waals surface area (Å²) in [5, 5.41) is 53.2. The minimum Gasteiger partial charge on any atom is -0.508 e. The van der Waals surface area contributed by atoms with E-state index in [1.54, 1.807) is 40.8 Å². The fraction of sp³-hybridized carbons (Fsp3) is 0.250. The zero-order chi connectivity index (χ0) is 22.5. The fourth-order valence-electron chi connectivity index (χ4n) is 4.13. The third-order valence-corrected chi connectivity index (χ3v) is 6.04. The molecule has 0 bridgehead atoms. The number of phenols is 5. The van der Waals surface area contributed by atoms with Crippen LogP contribution in [0.1, 0.15) is 34.7 Å². The second-order valence-corrected chi connectivity index (χ2v) is 7.91. The van der Waals surface area contributed by atoms with E-state index in [0.717, 1.165) is 5.56 Å². The summed E-state index contributed by atoms with van der Waals surface area (Å²) in [5.41, 5.74) is 5.35. The summed E-state index contributed by atoms with van der Waals surface area (Å²) in [6.07, 6.45) is 0.488. The van der Waals surface area contributed by atoms with Gasteiger partial charge in [0.25, 0.3) is 0 Å². The van der Waals surface area contributed by atoms with Gasteiger partial charge in [-0.1, -0.05) is 19.1 Å². The van der Waals surface area contributed by atoms with Gasteiger partial charge in [0.2, 0.25) is 0 Å². The zero-order valence-electron chi connectivity index (χ0n) is 18.2. The van der Waals surface area contributed by atoms with Crippen molar-refractivity contribution < 1.29 is 25.5 Å². The molecule has 0 unspecified atom stereocenters. The van der Waals surface area contributed by atoms with E-state index in [0.29, 0.717) is 50.8 Å². The molecule has 0 amide bonds. The quantitative estimate of drug-likeness (QED) is 0.260. The Hall–Kier alpha value is -3.28. The molecule has 0 radical (unpaired) electrons. The summed E-state index contributed by atoms with van der Waals surface area (Å²) < 4.78 is 0. The van der Waals surface area contributed by atoms with Gasteiger partial charge in [0, 0.05) is 16.7 Å². The van der Waals surface area contributed by atoms with Crippen LogP contribution in [-0.4, -0.2) is 33.4 Å². The van der Waals surface area contributed by atoms with Crippen LogP contribution in [0.3, 0.4) is 0 Å². The van der Waals surface area contributed by atoms with Gasteiger partial charge < -0.3 is 25.5 Å². The van der Waals surface area contributed by atoms with Crippen LogP contribution in [0.4, 0.5) is 0 Å². The number of hydrogen-bond acceptors (Lipinski definition) is 5. The Morgan fingerprint density at radius 3 is 1.73 bits per heavy atom. The maximum absolute atomic E-state index is 10.9. The lowest BCUT2D eigenvalue weighted by molar-refractivity contribution is 0.394. The molecule has 5 N–H and O–H groups in total. The number of aromatic hydroxyl groups is 5. The van der Waals surface area contributed by atoms with Crippen molar-refractivity contribution >= 4 is 13.3 Å². The SMILES string of the molecule is Bc1c(O)c(C)c(C)c(O)c1-c1cc(C)cc(-c2c(O)c(O)c(C)c(CC)c2O)c1. The van der Waals surface area contributed by atoms with Crippen molar-refractivity contribution in [1.29, 1.82) is 0 Å². The molecule has 30 heavy (non-hydrogen) atoms. The highest BCUT2D eigenvalue weighted by Crippen LogP contribution is 2.49. The fourth-order valence-corrected chi connectivity index (χ4v) is 4.13. The highest BCUT2D eigenvalue weighted by atomic mass is 16.3. The Morgan fingerprint density at radius 2 is 1.17 bits per heavy atom. The van der Waals surface area contributed by atoms with Gasteiger partial charge in [-0.2, -0.15) is 0 Å².